The molecule has 0 aliphatic rings. The fraction of sp³-hybridized carbons (Fsp3) is 0.727. The first-order valence-electron chi connectivity index (χ1n) is 25.4. The van der Waals surface area contributed by atoms with Crippen LogP contribution in [0.1, 0.15) is 239 Å². The summed E-state index contributed by atoms with van der Waals surface area (Å²) in [5, 5.41) is 0. The Bertz CT molecular complexity index is 1160. The van der Waals surface area contributed by atoms with E-state index in [2.05, 4.69) is 81.5 Å². The van der Waals surface area contributed by atoms with E-state index in [0.717, 1.165) is 77.0 Å². The van der Waals surface area contributed by atoms with Crippen LogP contribution in [0.5, 0.6) is 0 Å². The van der Waals surface area contributed by atoms with Gasteiger partial charge in [-0.15, -0.1) is 0 Å². The van der Waals surface area contributed by atoms with Gasteiger partial charge in [0.1, 0.15) is 13.2 Å². The minimum Gasteiger partial charge on any atom is -0.462 e. The smallest absolute Gasteiger partial charge is 0.306 e. The van der Waals surface area contributed by atoms with E-state index in [-0.39, 0.29) is 31.6 Å². The molecule has 0 N–H and O–H groups in total. The second-order valence-corrected chi connectivity index (χ2v) is 16.7. The lowest BCUT2D eigenvalue weighted by molar-refractivity contribution is -0.166. The Morgan fingerprint density at radius 2 is 0.672 bits per heavy atom. The molecule has 0 spiro atoms. The molecule has 1 unspecified atom stereocenters. The maximum absolute atomic E-state index is 12.7. The van der Waals surface area contributed by atoms with Gasteiger partial charge in [-0.1, -0.05) is 216 Å². The van der Waals surface area contributed by atoms with Crippen LogP contribution in [0, 0.1) is 0 Å². The van der Waals surface area contributed by atoms with E-state index in [9.17, 15) is 14.4 Å². The standard InChI is InChI=1S/C55H94O6/c1-4-7-10-13-16-19-22-25-26-27-28-31-33-36-39-42-45-48-54(57)60-51-52(61-55(58)49-46-43-40-37-34-30-24-21-18-15-12-9-6-3)50-59-53(56)47-44-41-38-35-32-29-23-20-17-14-11-8-5-2/h9,12,16,18-19,21,25-26,30,34,40,43,52H,4-8,10-11,13-15,17,20,22-24,27-29,31-33,35-39,41-42,44-51H2,1-3H3/b12-9-,19-16-,21-18-,26-25-,34-30-,43-40-. The molecule has 0 heterocycles. The molecular formula is C55H94O6. The van der Waals surface area contributed by atoms with E-state index in [1.165, 1.54) is 116 Å². The average molecular weight is 851 g/mol. The van der Waals surface area contributed by atoms with E-state index < -0.39 is 12.1 Å². The summed E-state index contributed by atoms with van der Waals surface area (Å²) < 4.78 is 16.7. The summed E-state index contributed by atoms with van der Waals surface area (Å²) >= 11 is 0. The number of hydrogen-bond donors (Lipinski definition) is 0. The maximum atomic E-state index is 12.7. The number of carbonyl (C=O) groups excluding carboxylic acids is 3. The molecule has 61 heavy (non-hydrogen) atoms. The summed E-state index contributed by atoms with van der Waals surface area (Å²) in [5.41, 5.74) is 0. The Labute approximate surface area is 376 Å². The number of allylic oxidation sites excluding steroid dienone is 12. The molecule has 0 radical (unpaired) electrons. The Morgan fingerprint density at radius 3 is 1.10 bits per heavy atom. The molecule has 0 aromatic rings. The van der Waals surface area contributed by atoms with Gasteiger partial charge < -0.3 is 14.2 Å². The predicted molar refractivity (Wildman–Crippen MR) is 261 cm³/mol. The van der Waals surface area contributed by atoms with Gasteiger partial charge in [0.05, 0.1) is 0 Å². The Balaban J connectivity index is 4.45. The van der Waals surface area contributed by atoms with Crippen molar-refractivity contribution in [2.45, 2.75) is 245 Å². The van der Waals surface area contributed by atoms with E-state index in [0.29, 0.717) is 19.3 Å². The highest BCUT2D eigenvalue weighted by Crippen LogP contribution is 2.14. The summed E-state index contributed by atoms with van der Waals surface area (Å²) in [7, 11) is 0. The maximum Gasteiger partial charge on any atom is 0.306 e. The highest BCUT2D eigenvalue weighted by molar-refractivity contribution is 5.71. The van der Waals surface area contributed by atoms with Gasteiger partial charge in [-0.05, 0) is 77.0 Å². The van der Waals surface area contributed by atoms with Crippen molar-refractivity contribution in [1.82, 2.24) is 0 Å². The van der Waals surface area contributed by atoms with Crippen LogP contribution in [0.2, 0.25) is 0 Å². The molecule has 0 bridgehead atoms. The van der Waals surface area contributed by atoms with Gasteiger partial charge >= 0.3 is 17.9 Å². The van der Waals surface area contributed by atoms with Crippen molar-refractivity contribution >= 4 is 17.9 Å². The van der Waals surface area contributed by atoms with Gasteiger partial charge in [-0.2, -0.15) is 0 Å². The molecule has 0 aliphatic heterocycles. The van der Waals surface area contributed by atoms with Gasteiger partial charge in [0.25, 0.3) is 0 Å². The lowest BCUT2D eigenvalue weighted by Gasteiger charge is -2.18. The van der Waals surface area contributed by atoms with E-state index in [1.807, 2.05) is 12.2 Å². The Morgan fingerprint density at radius 1 is 0.344 bits per heavy atom. The zero-order valence-corrected chi connectivity index (χ0v) is 39.9. The highest BCUT2D eigenvalue weighted by atomic mass is 16.6. The molecule has 1 atom stereocenters. The summed E-state index contributed by atoms with van der Waals surface area (Å²) in [4.78, 5) is 37.9. The fourth-order valence-electron chi connectivity index (χ4n) is 6.90. The number of carbonyl (C=O) groups is 3. The number of ether oxygens (including phenoxy) is 3. The molecule has 0 rings (SSSR count). The Kier molecular flexibility index (Phi) is 46.9. The molecule has 0 aliphatic carbocycles. The largest absolute Gasteiger partial charge is 0.462 e. The van der Waals surface area contributed by atoms with Gasteiger partial charge in [0.2, 0.25) is 0 Å². The normalized spacial score (nSPS) is 12.6. The minimum atomic E-state index is -0.814. The summed E-state index contributed by atoms with van der Waals surface area (Å²) in [6.45, 7) is 6.43. The van der Waals surface area contributed by atoms with Crippen molar-refractivity contribution in [3.63, 3.8) is 0 Å². The number of esters is 3. The lowest BCUT2D eigenvalue weighted by Crippen LogP contribution is -2.30. The van der Waals surface area contributed by atoms with Crippen molar-refractivity contribution in [2.75, 3.05) is 13.2 Å². The quantitative estimate of drug-likeness (QED) is 0.0263. The number of unbranched alkanes of at least 4 members (excludes halogenated alkanes) is 22. The number of hydrogen-bond acceptors (Lipinski definition) is 6. The minimum absolute atomic E-state index is 0.105. The predicted octanol–water partition coefficient (Wildman–Crippen LogP) is 16.6. The second-order valence-electron chi connectivity index (χ2n) is 16.7. The zero-order chi connectivity index (χ0) is 44.4. The molecule has 6 nitrogen and oxygen atoms in total. The van der Waals surface area contributed by atoms with Gasteiger partial charge in [0.15, 0.2) is 6.10 Å². The third-order valence-electron chi connectivity index (χ3n) is 10.7. The van der Waals surface area contributed by atoms with Crippen molar-refractivity contribution in [1.29, 1.82) is 0 Å². The Hall–Kier alpha value is -3.15. The molecule has 6 heteroatoms. The van der Waals surface area contributed by atoms with E-state index in [1.54, 1.807) is 0 Å². The van der Waals surface area contributed by atoms with Crippen LogP contribution in [0.15, 0.2) is 72.9 Å². The fourth-order valence-corrected chi connectivity index (χ4v) is 6.90. The van der Waals surface area contributed by atoms with Crippen LogP contribution >= 0.6 is 0 Å². The third-order valence-corrected chi connectivity index (χ3v) is 10.7. The molecule has 0 aromatic heterocycles. The van der Waals surface area contributed by atoms with Crippen molar-refractivity contribution in [3.8, 4) is 0 Å². The van der Waals surface area contributed by atoms with E-state index >= 15 is 0 Å². The molecule has 0 fully saturated rings. The first-order valence-corrected chi connectivity index (χ1v) is 25.4. The van der Waals surface area contributed by atoms with Crippen molar-refractivity contribution in [2.24, 2.45) is 0 Å². The first-order chi connectivity index (χ1) is 30.0. The number of rotatable bonds is 45. The molecule has 0 amide bonds. The van der Waals surface area contributed by atoms with Gasteiger partial charge in [0, 0.05) is 19.3 Å². The zero-order valence-electron chi connectivity index (χ0n) is 39.9. The molecule has 0 saturated carbocycles. The molecule has 0 saturated heterocycles. The van der Waals surface area contributed by atoms with Gasteiger partial charge in [-0.25, -0.2) is 0 Å². The van der Waals surface area contributed by atoms with Crippen LogP contribution in [-0.4, -0.2) is 37.2 Å². The topological polar surface area (TPSA) is 78.9 Å². The molecule has 0 aromatic carbocycles. The van der Waals surface area contributed by atoms with Crippen LogP contribution in [0.25, 0.3) is 0 Å². The summed E-state index contributed by atoms with van der Waals surface area (Å²) in [6.07, 6.45) is 61.8. The average Bonchev–Trinajstić information content (AvgIpc) is 3.26. The summed E-state index contributed by atoms with van der Waals surface area (Å²) in [5.74, 6) is -0.994. The molecular weight excluding hydrogens is 757 g/mol. The van der Waals surface area contributed by atoms with Crippen LogP contribution < -0.4 is 0 Å². The highest BCUT2D eigenvalue weighted by Gasteiger charge is 2.19. The van der Waals surface area contributed by atoms with E-state index in [4.69, 9.17) is 14.2 Å². The van der Waals surface area contributed by atoms with Crippen LogP contribution in [0.3, 0.4) is 0 Å². The first kappa shape index (κ1) is 57.9. The van der Waals surface area contributed by atoms with Gasteiger partial charge in [-0.3, -0.25) is 14.4 Å². The lowest BCUT2D eigenvalue weighted by atomic mass is 10.0. The SMILES string of the molecule is CC/C=C\C/C=C\C/C=C\C/C=C\CCC(=O)OC(COC(=O)CCCCCCCCC/C=C\C/C=C\CCCCC)COC(=O)CCCCCCCCCCCCCCC. The second kappa shape index (κ2) is 49.5. The van der Waals surface area contributed by atoms with Crippen molar-refractivity contribution < 1.29 is 28.6 Å². The molecule has 350 valence electrons. The third kappa shape index (κ3) is 47.7. The van der Waals surface area contributed by atoms with Crippen LogP contribution in [0.4, 0.5) is 0 Å². The van der Waals surface area contributed by atoms with Crippen molar-refractivity contribution in [3.05, 3.63) is 72.9 Å². The van der Waals surface area contributed by atoms with Crippen LogP contribution in [-0.2, 0) is 28.6 Å². The monoisotopic (exact) mass is 851 g/mol. The summed E-state index contributed by atoms with van der Waals surface area (Å²) in [6, 6.07) is 0.